The second-order valence-corrected chi connectivity index (χ2v) is 4.93. The van der Waals surface area contributed by atoms with Crippen molar-refractivity contribution < 1.29 is 14.7 Å². The monoisotopic (exact) mass is 274 g/mol. The Balaban J connectivity index is 2.00. The standard InChI is InChI=1S/C15H18N2O3/c16-12-6-3-11(4-7-12)5-8-14(18)17-9-1-2-13(17)10-15(19)20/h3-8,13H,1-2,9-10,16H2,(H,19,20)/b8-5+. The van der Waals surface area contributed by atoms with Crippen LogP contribution in [0.4, 0.5) is 5.69 Å². The molecule has 1 aromatic carbocycles. The van der Waals surface area contributed by atoms with Crippen LogP contribution in [0.2, 0.25) is 0 Å². The molecule has 5 nitrogen and oxygen atoms in total. The van der Waals surface area contributed by atoms with Gasteiger partial charge in [-0.15, -0.1) is 0 Å². The zero-order chi connectivity index (χ0) is 14.5. The lowest BCUT2D eigenvalue weighted by molar-refractivity contribution is -0.139. The molecule has 1 unspecified atom stereocenters. The van der Waals surface area contributed by atoms with Crippen LogP contribution in [-0.2, 0) is 9.59 Å². The highest BCUT2D eigenvalue weighted by atomic mass is 16.4. The Morgan fingerprint density at radius 1 is 1.35 bits per heavy atom. The van der Waals surface area contributed by atoms with Gasteiger partial charge in [0.2, 0.25) is 5.91 Å². The third kappa shape index (κ3) is 3.60. The molecule has 1 amide bonds. The van der Waals surface area contributed by atoms with Gasteiger partial charge in [0.25, 0.3) is 0 Å². The summed E-state index contributed by atoms with van der Waals surface area (Å²) >= 11 is 0. The molecule has 0 spiro atoms. The number of nitrogen functional groups attached to an aromatic ring is 1. The Morgan fingerprint density at radius 3 is 2.70 bits per heavy atom. The fourth-order valence-electron chi connectivity index (χ4n) is 2.41. The first-order chi connectivity index (χ1) is 9.56. The molecule has 1 saturated heterocycles. The number of aliphatic carboxylic acids is 1. The largest absolute Gasteiger partial charge is 0.481 e. The number of amides is 1. The zero-order valence-corrected chi connectivity index (χ0v) is 11.2. The maximum absolute atomic E-state index is 12.1. The van der Waals surface area contributed by atoms with E-state index in [9.17, 15) is 9.59 Å². The summed E-state index contributed by atoms with van der Waals surface area (Å²) in [5.41, 5.74) is 7.16. The van der Waals surface area contributed by atoms with Crippen LogP contribution in [0.5, 0.6) is 0 Å². The van der Waals surface area contributed by atoms with Gasteiger partial charge in [-0.1, -0.05) is 12.1 Å². The molecular weight excluding hydrogens is 256 g/mol. The Bertz CT molecular complexity index is 522. The van der Waals surface area contributed by atoms with E-state index < -0.39 is 5.97 Å². The second-order valence-electron chi connectivity index (χ2n) is 4.93. The summed E-state index contributed by atoms with van der Waals surface area (Å²) in [5, 5.41) is 8.84. The summed E-state index contributed by atoms with van der Waals surface area (Å²) in [6.45, 7) is 0.628. The predicted molar refractivity (Wildman–Crippen MR) is 76.9 cm³/mol. The number of carboxylic acids is 1. The lowest BCUT2D eigenvalue weighted by Gasteiger charge is -2.21. The van der Waals surface area contributed by atoms with Gasteiger partial charge in [0.15, 0.2) is 0 Å². The number of hydrogen-bond acceptors (Lipinski definition) is 3. The lowest BCUT2D eigenvalue weighted by atomic mass is 10.1. The second kappa shape index (κ2) is 6.23. The number of likely N-dealkylation sites (tertiary alicyclic amines) is 1. The Kier molecular flexibility index (Phi) is 4.40. The normalized spacial score (nSPS) is 18.6. The van der Waals surface area contributed by atoms with Crippen LogP contribution in [0.3, 0.4) is 0 Å². The average molecular weight is 274 g/mol. The van der Waals surface area contributed by atoms with Gasteiger partial charge in [0, 0.05) is 24.4 Å². The first-order valence-corrected chi connectivity index (χ1v) is 6.62. The minimum Gasteiger partial charge on any atom is -0.481 e. The number of carboxylic acid groups (broad SMARTS) is 1. The lowest BCUT2D eigenvalue weighted by Crippen LogP contribution is -2.35. The topological polar surface area (TPSA) is 83.6 Å². The molecule has 2 rings (SSSR count). The fraction of sp³-hybridized carbons (Fsp3) is 0.333. The highest BCUT2D eigenvalue weighted by molar-refractivity contribution is 5.92. The first-order valence-electron chi connectivity index (χ1n) is 6.62. The van der Waals surface area contributed by atoms with Crippen molar-refractivity contribution >= 4 is 23.6 Å². The van der Waals surface area contributed by atoms with Crippen molar-refractivity contribution in [1.82, 2.24) is 4.90 Å². The van der Waals surface area contributed by atoms with E-state index in [0.29, 0.717) is 12.2 Å². The number of carbonyl (C=O) groups excluding carboxylic acids is 1. The van der Waals surface area contributed by atoms with Gasteiger partial charge in [-0.2, -0.15) is 0 Å². The van der Waals surface area contributed by atoms with Gasteiger partial charge in [-0.05, 0) is 36.6 Å². The number of nitrogens with two attached hydrogens (primary N) is 1. The van der Waals surface area contributed by atoms with Crippen LogP contribution in [0.15, 0.2) is 30.3 Å². The van der Waals surface area contributed by atoms with Crippen LogP contribution in [-0.4, -0.2) is 34.5 Å². The molecule has 1 aromatic rings. The van der Waals surface area contributed by atoms with Crippen molar-refractivity contribution in [3.8, 4) is 0 Å². The molecule has 0 bridgehead atoms. The van der Waals surface area contributed by atoms with E-state index in [4.69, 9.17) is 10.8 Å². The molecule has 0 aromatic heterocycles. The van der Waals surface area contributed by atoms with Gasteiger partial charge in [0.1, 0.15) is 0 Å². The quantitative estimate of drug-likeness (QED) is 0.647. The molecule has 0 saturated carbocycles. The van der Waals surface area contributed by atoms with Gasteiger partial charge in [0.05, 0.1) is 6.42 Å². The molecule has 1 fully saturated rings. The number of benzene rings is 1. The summed E-state index contributed by atoms with van der Waals surface area (Å²) < 4.78 is 0. The molecule has 1 heterocycles. The number of rotatable bonds is 4. The van der Waals surface area contributed by atoms with E-state index in [1.54, 1.807) is 23.1 Å². The fourth-order valence-corrected chi connectivity index (χ4v) is 2.41. The molecule has 20 heavy (non-hydrogen) atoms. The Morgan fingerprint density at radius 2 is 2.05 bits per heavy atom. The minimum atomic E-state index is -0.864. The van der Waals surface area contributed by atoms with Crippen molar-refractivity contribution in [2.75, 3.05) is 12.3 Å². The molecule has 3 N–H and O–H groups in total. The summed E-state index contributed by atoms with van der Waals surface area (Å²) in [7, 11) is 0. The van der Waals surface area contributed by atoms with Gasteiger partial charge >= 0.3 is 5.97 Å². The molecule has 5 heteroatoms. The van der Waals surface area contributed by atoms with Crippen molar-refractivity contribution in [2.24, 2.45) is 0 Å². The van der Waals surface area contributed by atoms with E-state index >= 15 is 0 Å². The molecule has 0 aliphatic carbocycles. The van der Waals surface area contributed by atoms with Gasteiger partial charge in [-0.3, -0.25) is 9.59 Å². The van der Waals surface area contributed by atoms with Crippen LogP contribution in [0.25, 0.3) is 6.08 Å². The number of hydrogen-bond donors (Lipinski definition) is 2. The van der Waals surface area contributed by atoms with E-state index in [0.717, 1.165) is 18.4 Å². The molecule has 1 aliphatic heterocycles. The highest BCUT2D eigenvalue weighted by Gasteiger charge is 2.28. The van der Waals surface area contributed by atoms with E-state index in [1.807, 2.05) is 12.1 Å². The minimum absolute atomic E-state index is 0.0153. The van der Waals surface area contributed by atoms with Crippen molar-refractivity contribution in [3.63, 3.8) is 0 Å². The van der Waals surface area contributed by atoms with Crippen molar-refractivity contribution in [3.05, 3.63) is 35.9 Å². The van der Waals surface area contributed by atoms with Crippen LogP contribution < -0.4 is 5.73 Å². The van der Waals surface area contributed by atoms with Crippen LogP contribution in [0, 0.1) is 0 Å². The maximum Gasteiger partial charge on any atom is 0.305 e. The molecule has 1 atom stereocenters. The third-order valence-electron chi connectivity index (χ3n) is 3.43. The third-order valence-corrected chi connectivity index (χ3v) is 3.43. The molecule has 0 radical (unpaired) electrons. The smallest absolute Gasteiger partial charge is 0.305 e. The van der Waals surface area contributed by atoms with Crippen molar-refractivity contribution in [1.29, 1.82) is 0 Å². The van der Waals surface area contributed by atoms with Crippen LogP contribution in [0.1, 0.15) is 24.8 Å². The average Bonchev–Trinajstić information content (AvgIpc) is 2.85. The number of anilines is 1. The predicted octanol–water partition coefficient (Wildman–Crippen LogP) is 1.75. The Labute approximate surface area is 117 Å². The number of nitrogens with zero attached hydrogens (tertiary/aromatic N) is 1. The molecule has 106 valence electrons. The zero-order valence-electron chi connectivity index (χ0n) is 11.2. The number of carbonyl (C=O) groups is 2. The Hall–Kier alpha value is -2.30. The highest BCUT2D eigenvalue weighted by Crippen LogP contribution is 2.20. The summed E-state index contributed by atoms with van der Waals surface area (Å²) in [5.74, 6) is -0.997. The summed E-state index contributed by atoms with van der Waals surface area (Å²) in [6.07, 6.45) is 4.85. The molecular formula is C15H18N2O3. The van der Waals surface area contributed by atoms with Gasteiger partial charge < -0.3 is 15.7 Å². The SMILES string of the molecule is Nc1ccc(/C=C/C(=O)N2CCCC2CC(=O)O)cc1. The summed E-state index contributed by atoms with van der Waals surface area (Å²) in [4.78, 5) is 24.5. The van der Waals surface area contributed by atoms with E-state index in [-0.39, 0.29) is 18.4 Å². The van der Waals surface area contributed by atoms with Crippen LogP contribution >= 0.6 is 0 Å². The van der Waals surface area contributed by atoms with Crippen molar-refractivity contribution in [2.45, 2.75) is 25.3 Å². The molecule has 1 aliphatic rings. The van der Waals surface area contributed by atoms with E-state index in [1.165, 1.54) is 6.08 Å². The van der Waals surface area contributed by atoms with E-state index in [2.05, 4.69) is 0 Å². The summed E-state index contributed by atoms with van der Waals surface area (Å²) in [6, 6.07) is 7.02. The first kappa shape index (κ1) is 14.1. The maximum atomic E-state index is 12.1. The van der Waals surface area contributed by atoms with Gasteiger partial charge in [-0.25, -0.2) is 0 Å².